The van der Waals surface area contributed by atoms with Gasteiger partial charge in [0, 0.05) is 30.7 Å². The van der Waals surface area contributed by atoms with E-state index < -0.39 is 0 Å². The number of imidazole rings is 1. The van der Waals surface area contributed by atoms with Crippen LogP contribution < -0.4 is 0 Å². The van der Waals surface area contributed by atoms with Gasteiger partial charge in [0.05, 0.1) is 0 Å². The molecule has 1 aliphatic carbocycles. The molecule has 0 spiro atoms. The number of aryl methyl sites for hydroxylation is 1. The highest BCUT2D eigenvalue weighted by atomic mass is 79.9. The number of aromatic nitrogens is 2. The molecule has 1 saturated carbocycles. The third kappa shape index (κ3) is 1.22. The second-order valence-electron chi connectivity index (χ2n) is 3.15. The Balaban J connectivity index is 2.14. The molecular formula is C8H11BrN2. The van der Waals surface area contributed by atoms with Crippen molar-refractivity contribution in [2.75, 3.05) is 5.33 Å². The van der Waals surface area contributed by atoms with Crippen LogP contribution in [0.5, 0.6) is 0 Å². The average Bonchev–Trinajstić information content (AvgIpc) is 2.68. The Bertz CT molecular complexity index is 256. The van der Waals surface area contributed by atoms with Crippen molar-refractivity contribution < 1.29 is 0 Å². The molecule has 1 aromatic heterocycles. The third-order valence-corrected chi connectivity index (χ3v) is 3.14. The molecule has 0 aliphatic heterocycles. The molecule has 2 unspecified atom stereocenters. The average molecular weight is 215 g/mol. The summed E-state index contributed by atoms with van der Waals surface area (Å²) in [6.07, 6.45) is 5.19. The lowest BCUT2D eigenvalue weighted by molar-refractivity contribution is 0.769. The normalized spacial score (nSPS) is 28.9. The fourth-order valence-corrected chi connectivity index (χ4v) is 2.18. The third-order valence-electron chi connectivity index (χ3n) is 2.31. The molecule has 1 aromatic rings. The molecule has 2 atom stereocenters. The summed E-state index contributed by atoms with van der Waals surface area (Å²) >= 11 is 3.49. The first-order chi connectivity index (χ1) is 5.33. The van der Waals surface area contributed by atoms with Gasteiger partial charge in [-0.05, 0) is 12.3 Å². The molecule has 2 rings (SSSR count). The smallest absolute Gasteiger partial charge is 0.111 e. The monoisotopic (exact) mass is 214 g/mol. The second kappa shape index (κ2) is 2.63. The Morgan fingerprint density at radius 1 is 1.82 bits per heavy atom. The molecule has 1 aliphatic rings. The van der Waals surface area contributed by atoms with Crippen molar-refractivity contribution in [3.8, 4) is 0 Å². The van der Waals surface area contributed by atoms with E-state index in [1.54, 1.807) is 0 Å². The molecule has 0 N–H and O–H groups in total. The van der Waals surface area contributed by atoms with Gasteiger partial charge in [-0.3, -0.25) is 0 Å². The molecule has 0 aromatic carbocycles. The van der Waals surface area contributed by atoms with E-state index in [0.29, 0.717) is 0 Å². The summed E-state index contributed by atoms with van der Waals surface area (Å²) in [6.45, 7) is 0. The Hall–Kier alpha value is -0.310. The van der Waals surface area contributed by atoms with E-state index in [9.17, 15) is 0 Å². The van der Waals surface area contributed by atoms with Gasteiger partial charge in [-0.15, -0.1) is 0 Å². The van der Waals surface area contributed by atoms with Crippen molar-refractivity contribution in [2.24, 2.45) is 13.0 Å². The van der Waals surface area contributed by atoms with Gasteiger partial charge in [0.25, 0.3) is 0 Å². The zero-order valence-electron chi connectivity index (χ0n) is 6.50. The lowest BCUT2D eigenvalue weighted by Crippen LogP contribution is -1.95. The molecule has 3 heteroatoms. The summed E-state index contributed by atoms with van der Waals surface area (Å²) in [4.78, 5) is 4.32. The number of nitrogens with zero attached hydrogens (tertiary/aromatic N) is 2. The Morgan fingerprint density at radius 3 is 3.09 bits per heavy atom. The van der Waals surface area contributed by atoms with Crippen LogP contribution in [-0.4, -0.2) is 14.9 Å². The summed E-state index contributed by atoms with van der Waals surface area (Å²) in [7, 11) is 2.06. The van der Waals surface area contributed by atoms with Crippen LogP contribution in [0.4, 0.5) is 0 Å². The molecule has 0 bridgehead atoms. The predicted molar refractivity (Wildman–Crippen MR) is 47.9 cm³/mol. The van der Waals surface area contributed by atoms with Crippen LogP contribution in [0.15, 0.2) is 12.4 Å². The number of alkyl halides is 1. The molecule has 1 heterocycles. The maximum atomic E-state index is 4.32. The van der Waals surface area contributed by atoms with Gasteiger partial charge in [-0.25, -0.2) is 4.98 Å². The van der Waals surface area contributed by atoms with Gasteiger partial charge >= 0.3 is 0 Å². The van der Waals surface area contributed by atoms with Gasteiger partial charge in [-0.1, -0.05) is 15.9 Å². The van der Waals surface area contributed by atoms with Gasteiger partial charge in [0.1, 0.15) is 5.82 Å². The lowest BCUT2D eigenvalue weighted by atomic mass is 10.3. The first-order valence-corrected chi connectivity index (χ1v) is 4.98. The largest absolute Gasteiger partial charge is 0.338 e. The van der Waals surface area contributed by atoms with Gasteiger partial charge in [0.2, 0.25) is 0 Å². The van der Waals surface area contributed by atoms with Crippen molar-refractivity contribution in [1.82, 2.24) is 9.55 Å². The van der Waals surface area contributed by atoms with E-state index in [1.165, 1.54) is 12.2 Å². The SMILES string of the molecule is Cn1ccnc1C1CC1CBr. The molecule has 2 nitrogen and oxygen atoms in total. The van der Waals surface area contributed by atoms with Crippen LogP contribution in [0.1, 0.15) is 18.2 Å². The van der Waals surface area contributed by atoms with Crippen LogP contribution in [0, 0.1) is 5.92 Å². The maximum Gasteiger partial charge on any atom is 0.111 e. The van der Waals surface area contributed by atoms with Crippen molar-refractivity contribution in [3.63, 3.8) is 0 Å². The highest BCUT2D eigenvalue weighted by Gasteiger charge is 2.39. The second-order valence-corrected chi connectivity index (χ2v) is 3.80. The van der Waals surface area contributed by atoms with Crippen molar-refractivity contribution in [2.45, 2.75) is 12.3 Å². The minimum atomic E-state index is 0.717. The van der Waals surface area contributed by atoms with Gasteiger partial charge < -0.3 is 4.57 Å². The summed E-state index contributed by atoms with van der Waals surface area (Å²) in [5, 5.41) is 1.12. The fraction of sp³-hybridized carbons (Fsp3) is 0.625. The van der Waals surface area contributed by atoms with E-state index in [2.05, 4.69) is 32.5 Å². The van der Waals surface area contributed by atoms with Crippen molar-refractivity contribution in [1.29, 1.82) is 0 Å². The summed E-state index contributed by atoms with van der Waals surface area (Å²) in [5.74, 6) is 2.79. The zero-order chi connectivity index (χ0) is 7.84. The van der Waals surface area contributed by atoms with Crippen molar-refractivity contribution in [3.05, 3.63) is 18.2 Å². The van der Waals surface area contributed by atoms with E-state index in [0.717, 1.165) is 17.2 Å². The Labute approximate surface area is 74.8 Å². The maximum absolute atomic E-state index is 4.32. The lowest BCUT2D eigenvalue weighted by Gasteiger charge is -1.97. The standard InChI is InChI=1S/C8H11BrN2/c1-11-3-2-10-8(11)7-4-6(7)5-9/h2-3,6-7H,4-5H2,1H3. The van der Waals surface area contributed by atoms with Crippen LogP contribution in [0.3, 0.4) is 0 Å². The number of rotatable bonds is 2. The quantitative estimate of drug-likeness (QED) is 0.689. The summed E-state index contributed by atoms with van der Waals surface area (Å²) in [5.41, 5.74) is 0. The van der Waals surface area contributed by atoms with Crippen molar-refractivity contribution >= 4 is 15.9 Å². The van der Waals surface area contributed by atoms with Gasteiger partial charge in [0.15, 0.2) is 0 Å². The molecule has 0 saturated heterocycles. The van der Waals surface area contributed by atoms with Crippen LogP contribution in [-0.2, 0) is 7.05 Å². The molecule has 0 amide bonds. The topological polar surface area (TPSA) is 17.8 Å². The minimum Gasteiger partial charge on any atom is -0.338 e. The van der Waals surface area contributed by atoms with E-state index >= 15 is 0 Å². The van der Waals surface area contributed by atoms with Crippen LogP contribution >= 0.6 is 15.9 Å². The van der Waals surface area contributed by atoms with Gasteiger partial charge in [-0.2, -0.15) is 0 Å². The molecule has 60 valence electrons. The summed E-state index contributed by atoms with van der Waals surface area (Å²) in [6, 6.07) is 0. The number of halogens is 1. The minimum absolute atomic E-state index is 0.717. The molecule has 11 heavy (non-hydrogen) atoms. The zero-order valence-corrected chi connectivity index (χ0v) is 8.08. The van der Waals surface area contributed by atoms with E-state index in [-0.39, 0.29) is 0 Å². The molecule has 0 radical (unpaired) electrons. The van der Waals surface area contributed by atoms with E-state index in [4.69, 9.17) is 0 Å². The molecular weight excluding hydrogens is 204 g/mol. The predicted octanol–water partition coefficient (Wildman–Crippen LogP) is 1.92. The van der Waals surface area contributed by atoms with Crippen LogP contribution in [0.25, 0.3) is 0 Å². The fourth-order valence-electron chi connectivity index (χ4n) is 1.47. The summed E-state index contributed by atoms with van der Waals surface area (Å²) < 4.78 is 2.12. The Kier molecular flexibility index (Phi) is 1.75. The number of hydrogen-bond donors (Lipinski definition) is 0. The van der Waals surface area contributed by atoms with Crippen LogP contribution in [0.2, 0.25) is 0 Å². The Morgan fingerprint density at radius 2 is 2.64 bits per heavy atom. The first-order valence-electron chi connectivity index (χ1n) is 3.86. The highest BCUT2D eigenvalue weighted by molar-refractivity contribution is 9.09. The number of hydrogen-bond acceptors (Lipinski definition) is 1. The van der Waals surface area contributed by atoms with E-state index in [1.807, 2.05) is 12.4 Å². The highest BCUT2D eigenvalue weighted by Crippen LogP contribution is 2.47. The first kappa shape index (κ1) is 7.35. The molecule has 1 fully saturated rings.